The molecule has 0 N–H and O–H groups in total. The second kappa shape index (κ2) is 7.08. The molecule has 6 heteroatoms. The number of rotatable bonds is 4. The minimum absolute atomic E-state index is 0.0191. The van der Waals surface area contributed by atoms with Crippen LogP contribution in [-0.4, -0.2) is 60.9 Å². The zero-order chi connectivity index (χ0) is 17.4. The SMILES string of the molecule is O=C(C1CCN(c2ccccc2Br)C1=O)N1CCN(CC2CC2)CC1. The zero-order valence-corrected chi connectivity index (χ0v) is 16.0. The number of amides is 2. The van der Waals surface area contributed by atoms with Gasteiger partial charge in [-0.2, -0.15) is 0 Å². The summed E-state index contributed by atoms with van der Waals surface area (Å²) >= 11 is 3.50. The van der Waals surface area contributed by atoms with E-state index in [-0.39, 0.29) is 11.8 Å². The van der Waals surface area contributed by atoms with E-state index in [1.165, 1.54) is 19.4 Å². The molecule has 2 amide bonds. The van der Waals surface area contributed by atoms with Gasteiger partial charge in [-0.25, -0.2) is 0 Å². The van der Waals surface area contributed by atoms with Crippen molar-refractivity contribution in [2.75, 3.05) is 44.2 Å². The fourth-order valence-corrected chi connectivity index (χ4v) is 4.35. The van der Waals surface area contributed by atoms with Crippen molar-refractivity contribution in [1.29, 1.82) is 0 Å². The quantitative estimate of drug-likeness (QED) is 0.722. The maximum absolute atomic E-state index is 12.9. The van der Waals surface area contributed by atoms with Crippen molar-refractivity contribution in [2.24, 2.45) is 11.8 Å². The molecule has 1 aliphatic carbocycles. The summed E-state index contributed by atoms with van der Waals surface area (Å²) in [6.07, 6.45) is 3.34. The molecule has 4 rings (SSSR count). The van der Waals surface area contributed by atoms with Gasteiger partial charge in [0, 0.05) is 43.7 Å². The molecule has 2 heterocycles. The molecule has 0 aromatic heterocycles. The topological polar surface area (TPSA) is 43.9 Å². The summed E-state index contributed by atoms with van der Waals surface area (Å²) in [5.41, 5.74) is 0.858. The lowest BCUT2D eigenvalue weighted by molar-refractivity contribution is -0.141. The van der Waals surface area contributed by atoms with E-state index < -0.39 is 5.92 Å². The molecular formula is C19H24BrN3O2. The molecular weight excluding hydrogens is 382 g/mol. The number of nitrogens with zero attached hydrogens (tertiary/aromatic N) is 3. The Balaban J connectivity index is 1.36. The first-order chi connectivity index (χ1) is 12.1. The van der Waals surface area contributed by atoms with E-state index in [2.05, 4.69) is 20.8 Å². The average molecular weight is 406 g/mol. The average Bonchev–Trinajstić information content (AvgIpc) is 3.36. The third kappa shape index (κ3) is 3.60. The van der Waals surface area contributed by atoms with Crippen LogP contribution in [0.4, 0.5) is 5.69 Å². The van der Waals surface area contributed by atoms with Crippen LogP contribution in [0, 0.1) is 11.8 Å². The Kier molecular flexibility index (Phi) is 4.82. The van der Waals surface area contributed by atoms with Gasteiger partial charge in [-0.3, -0.25) is 14.5 Å². The van der Waals surface area contributed by atoms with E-state index >= 15 is 0 Å². The molecule has 1 aromatic rings. The lowest BCUT2D eigenvalue weighted by Gasteiger charge is -2.35. The van der Waals surface area contributed by atoms with Gasteiger partial charge >= 0.3 is 0 Å². The largest absolute Gasteiger partial charge is 0.339 e. The van der Waals surface area contributed by atoms with Gasteiger partial charge in [-0.05, 0) is 53.2 Å². The lowest BCUT2D eigenvalue weighted by atomic mass is 10.1. The molecule has 5 nitrogen and oxygen atoms in total. The summed E-state index contributed by atoms with van der Waals surface area (Å²) in [4.78, 5) is 31.8. The highest BCUT2D eigenvalue weighted by molar-refractivity contribution is 9.10. The highest BCUT2D eigenvalue weighted by Crippen LogP contribution is 2.32. The van der Waals surface area contributed by atoms with Crippen LogP contribution in [0.2, 0.25) is 0 Å². The van der Waals surface area contributed by atoms with Crippen LogP contribution in [-0.2, 0) is 9.59 Å². The molecule has 134 valence electrons. The number of carbonyl (C=O) groups excluding carboxylic acids is 2. The number of halogens is 1. The van der Waals surface area contributed by atoms with Gasteiger partial charge in [-0.1, -0.05) is 12.1 Å². The van der Waals surface area contributed by atoms with Gasteiger partial charge in [0.1, 0.15) is 5.92 Å². The first kappa shape index (κ1) is 17.0. The molecule has 1 atom stereocenters. The van der Waals surface area contributed by atoms with Crippen LogP contribution < -0.4 is 4.90 Å². The number of hydrogen-bond acceptors (Lipinski definition) is 3. The smallest absolute Gasteiger partial charge is 0.239 e. The molecule has 3 aliphatic rings. The minimum atomic E-state index is -0.512. The molecule has 2 saturated heterocycles. The van der Waals surface area contributed by atoms with E-state index in [0.717, 1.165) is 42.3 Å². The Labute approximate surface area is 157 Å². The summed E-state index contributed by atoms with van der Waals surface area (Å²) in [6.45, 7) is 5.18. The summed E-state index contributed by atoms with van der Waals surface area (Å²) in [5.74, 6) is 0.335. The van der Waals surface area contributed by atoms with Gasteiger partial charge in [0.2, 0.25) is 11.8 Å². The Morgan fingerprint density at radius 1 is 1.04 bits per heavy atom. The Hall–Kier alpha value is -1.40. The monoisotopic (exact) mass is 405 g/mol. The predicted molar refractivity (Wildman–Crippen MR) is 100 cm³/mol. The number of anilines is 1. The molecule has 25 heavy (non-hydrogen) atoms. The first-order valence-corrected chi connectivity index (χ1v) is 10.00. The number of piperazine rings is 1. The van der Waals surface area contributed by atoms with E-state index in [4.69, 9.17) is 0 Å². The van der Waals surface area contributed by atoms with Gasteiger partial charge < -0.3 is 9.80 Å². The summed E-state index contributed by atoms with van der Waals surface area (Å²) < 4.78 is 0.894. The van der Waals surface area contributed by atoms with Crippen LogP contribution >= 0.6 is 15.9 Å². The maximum Gasteiger partial charge on any atom is 0.239 e. The highest BCUT2D eigenvalue weighted by atomic mass is 79.9. The summed E-state index contributed by atoms with van der Waals surface area (Å²) in [5, 5.41) is 0. The van der Waals surface area contributed by atoms with Crippen molar-refractivity contribution < 1.29 is 9.59 Å². The van der Waals surface area contributed by atoms with Crippen LogP contribution in [0.3, 0.4) is 0 Å². The molecule has 1 saturated carbocycles. The Morgan fingerprint density at radius 3 is 2.44 bits per heavy atom. The van der Waals surface area contributed by atoms with E-state index in [0.29, 0.717) is 13.0 Å². The first-order valence-electron chi connectivity index (χ1n) is 9.20. The standard InChI is InChI=1S/C19H24BrN3O2/c20-16-3-1-2-4-17(16)23-8-7-15(19(23)25)18(24)22-11-9-21(10-12-22)13-14-5-6-14/h1-4,14-15H,5-13H2. The lowest BCUT2D eigenvalue weighted by Crippen LogP contribution is -2.51. The van der Waals surface area contributed by atoms with Crippen molar-refractivity contribution >= 4 is 33.4 Å². The maximum atomic E-state index is 12.9. The van der Waals surface area contributed by atoms with E-state index in [9.17, 15) is 9.59 Å². The molecule has 3 fully saturated rings. The van der Waals surface area contributed by atoms with Crippen molar-refractivity contribution in [3.8, 4) is 0 Å². The van der Waals surface area contributed by atoms with E-state index in [1.807, 2.05) is 29.2 Å². The van der Waals surface area contributed by atoms with Gasteiger partial charge in [-0.15, -0.1) is 0 Å². The Morgan fingerprint density at radius 2 is 1.76 bits per heavy atom. The third-order valence-corrected chi connectivity index (χ3v) is 6.21. The van der Waals surface area contributed by atoms with Crippen LogP contribution in [0.1, 0.15) is 19.3 Å². The van der Waals surface area contributed by atoms with Crippen LogP contribution in [0.15, 0.2) is 28.7 Å². The molecule has 2 aliphatic heterocycles. The second-order valence-corrected chi connectivity index (χ2v) is 8.21. The van der Waals surface area contributed by atoms with Crippen molar-refractivity contribution in [3.05, 3.63) is 28.7 Å². The normalized spacial score (nSPS) is 24.8. The van der Waals surface area contributed by atoms with Crippen molar-refractivity contribution in [2.45, 2.75) is 19.3 Å². The summed E-state index contributed by atoms with van der Waals surface area (Å²) in [6, 6.07) is 7.70. The Bertz CT molecular complexity index is 668. The van der Waals surface area contributed by atoms with Crippen LogP contribution in [0.25, 0.3) is 0 Å². The number of hydrogen-bond donors (Lipinski definition) is 0. The van der Waals surface area contributed by atoms with Gasteiger partial charge in [0.15, 0.2) is 0 Å². The predicted octanol–water partition coefficient (Wildman–Crippen LogP) is 2.36. The second-order valence-electron chi connectivity index (χ2n) is 7.35. The minimum Gasteiger partial charge on any atom is -0.339 e. The molecule has 0 radical (unpaired) electrons. The van der Waals surface area contributed by atoms with Gasteiger partial charge in [0.25, 0.3) is 0 Å². The molecule has 1 unspecified atom stereocenters. The molecule has 0 bridgehead atoms. The zero-order valence-electron chi connectivity index (χ0n) is 14.4. The van der Waals surface area contributed by atoms with Crippen molar-refractivity contribution in [1.82, 2.24) is 9.80 Å². The van der Waals surface area contributed by atoms with E-state index in [1.54, 1.807) is 4.90 Å². The third-order valence-electron chi connectivity index (χ3n) is 5.54. The summed E-state index contributed by atoms with van der Waals surface area (Å²) in [7, 11) is 0. The number of benzene rings is 1. The molecule has 1 aromatic carbocycles. The fourth-order valence-electron chi connectivity index (χ4n) is 3.86. The number of para-hydroxylation sites is 1. The fraction of sp³-hybridized carbons (Fsp3) is 0.579. The molecule has 0 spiro atoms. The van der Waals surface area contributed by atoms with Gasteiger partial charge in [0.05, 0.1) is 5.69 Å². The number of carbonyl (C=O) groups is 2. The van der Waals surface area contributed by atoms with Crippen molar-refractivity contribution in [3.63, 3.8) is 0 Å². The van der Waals surface area contributed by atoms with Crippen LogP contribution in [0.5, 0.6) is 0 Å². The highest BCUT2D eigenvalue weighted by Gasteiger charge is 2.40.